The summed E-state index contributed by atoms with van der Waals surface area (Å²) in [6.45, 7) is 10.2. The van der Waals surface area contributed by atoms with E-state index in [1.807, 2.05) is 86.7 Å². The van der Waals surface area contributed by atoms with Crippen molar-refractivity contribution in [3.63, 3.8) is 0 Å². The minimum atomic E-state index is -0.695. The molecule has 0 unspecified atom stereocenters. The Kier molecular flexibility index (Phi) is 8.36. The summed E-state index contributed by atoms with van der Waals surface area (Å²) in [4.78, 5) is 33.1. The van der Waals surface area contributed by atoms with Gasteiger partial charge in [0, 0.05) is 5.56 Å². The first-order chi connectivity index (χ1) is 19.8. The molecule has 0 saturated heterocycles. The number of hydrogen-bond acceptors (Lipinski definition) is 6. The molecule has 7 heteroatoms. The number of rotatable bonds is 8. The van der Waals surface area contributed by atoms with E-state index in [-0.39, 0.29) is 18.3 Å². The van der Waals surface area contributed by atoms with Gasteiger partial charge in [0.2, 0.25) is 0 Å². The summed E-state index contributed by atoms with van der Waals surface area (Å²) < 4.78 is 13.6. The molecular weight excluding hydrogens is 532 g/mol. The maximum absolute atomic E-state index is 14.1. The Hall–Kier alpha value is -4.23. The molecule has 0 radical (unpaired) electrons. The van der Waals surface area contributed by atoms with Crippen LogP contribution in [0.4, 0.5) is 0 Å². The number of aromatic nitrogens is 1. The lowest BCUT2D eigenvalue weighted by molar-refractivity contribution is -0.138. The van der Waals surface area contributed by atoms with Crippen molar-refractivity contribution in [2.45, 2.75) is 52.7 Å². The minimum Gasteiger partial charge on any atom is -0.491 e. The highest BCUT2D eigenvalue weighted by atomic mass is 32.1. The molecule has 1 aliphatic heterocycles. The van der Waals surface area contributed by atoms with Crippen LogP contribution in [0.1, 0.15) is 68.8 Å². The van der Waals surface area contributed by atoms with Gasteiger partial charge in [0.25, 0.3) is 5.56 Å². The van der Waals surface area contributed by atoms with Gasteiger partial charge in [-0.15, -0.1) is 0 Å². The number of hydrogen-bond donors (Lipinski definition) is 0. The van der Waals surface area contributed by atoms with Crippen LogP contribution in [0.3, 0.4) is 0 Å². The Labute approximate surface area is 243 Å². The average Bonchev–Trinajstić information content (AvgIpc) is 3.26. The van der Waals surface area contributed by atoms with Gasteiger partial charge in [-0.2, -0.15) is 0 Å². The smallest absolute Gasteiger partial charge is 0.338 e. The lowest BCUT2D eigenvalue weighted by Crippen LogP contribution is -2.40. The Morgan fingerprint density at radius 2 is 1.73 bits per heavy atom. The van der Waals surface area contributed by atoms with Crippen molar-refractivity contribution in [3.05, 3.63) is 126 Å². The molecule has 0 amide bonds. The van der Waals surface area contributed by atoms with Crippen LogP contribution in [0.15, 0.2) is 94.2 Å². The topological polar surface area (TPSA) is 69.9 Å². The first-order valence-electron chi connectivity index (χ1n) is 13.9. The molecule has 2 heterocycles. The van der Waals surface area contributed by atoms with Gasteiger partial charge in [0.1, 0.15) is 5.75 Å². The number of fused-ring (bicyclic) bond motifs is 1. The Morgan fingerprint density at radius 3 is 2.39 bits per heavy atom. The van der Waals surface area contributed by atoms with Crippen LogP contribution in [-0.2, 0) is 9.53 Å². The third-order valence-electron chi connectivity index (χ3n) is 6.82. The molecule has 41 heavy (non-hydrogen) atoms. The predicted octanol–water partition coefficient (Wildman–Crippen LogP) is 5.85. The maximum atomic E-state index is 14.1. The van der Waals surface area contributed by atoms with Gasteiger partial charge in [-0.25, -0.2) is 9.79 Å². The van der Waals surface area contributed by atoms with E-state index in [0.29, 0.717) is 26.5 Å². The van der Waals surface area contributed by atoms with Crippen LogP contribution < -0.4 is 19.6 Å². The van der Waals surface area contributed by atoms with Gasteiger partial charge in [0.05, 0.1) is 34.6 Å². The van der Waals surface area contributed by atoms with Crippen LogP contribution in [0, 0.1) is 0 Å². The van der Waals surface area contributed by atoms with Crippen molar-refractivity contribution in [2.75, 3.05) is 6.61 Å². The van der Waals surface area contributed by atoms with Crippen molar-refractivity contribution in [1.29, 1.82) is 0 Å². The van der Waals surface area contributed by atoms with E-state index in [9.17, 15) is 9.59 Å². The molecule has 0 bridgehead atoms. The van der Waals surface area contributed by atoms with Crippen LogP contribution >= 0.6 is 11.3 Å². The van der Waals surface area contributed by atoms with Crippen molar-refractivity contribution >= 4 is 29.1 Å². The molecular formula is C34H34N2O4S. The molecule has 1 atom stereocenters. The van der Waals surface area contributed by atoms with Crippen LogP contribution in [0.2, 0.25) is 0 Å². The lowest BCUT2D eigenvalue weighted by Gasteiger charge is -2.26. The summed E-state index contributed by atoms with van der Waals surface area (Å²) in [7, 11) is 0. The van der Waals surface area contributed by atoms with Crippen molar-refractivity contribution in [1.82, 2.24) is 4.57 Å². The van der Waals surface area contributed by atoms with Gasteiger partial charge in [-0.05, 0) is 61.6 Å². The molecule has 0 N–H and O–H groups in total. The second-order valence-electron chi connectivity index (χ2n) is 10.5. The third kappa shape index (κ3) is 5.95. The van der Waals surface area contributed by atoms with E-state index in [1.54, 1.807) is 11.5 Å². The predicted molar refractivity (Wildman–Crippen MR) is 164 cm³/mol. The van der Waals surface area contributed by atoms with E-state index >= 15 is 0 Å². The standard InChI is InChI=1S/C34H34N2O4S/c1-6-39-33(38)29-30(25-12-8-7-9-13-25)35-34-36(31(29)26-17-15-24(16-18-26)21(2)3)32(37)28(41-34)20-23-11-10-14-27(19-23)40-22(4)5/h7-22,31H,6H2,1-5H3/b28-20-/t31-/m0/s1. The highest BCUT2D eigenvalue weighted by Gasteiger charge is 2.35. The average molecular weight is 567 g/mol. The fraction of sp³-hybridized carbons (Fsp3) is 0.265. The molecule has 0 fully saturated rings. The van der Waals surface area contributed by atoms with E-state index in [0.717, 1.165) is 22.4 Å². The minimum absolute atomic E-state index is 0.0374. The second kappa shape index (κ2) is 12.1. The molecule has 0 saturated carbocycles. The second-order valence-corrected chi connectivity index (χ2v) is 11.5. The Bertz CT molecular complexity index is 1760. The highest BCUT2D eigenvalue weighted by molar-refractivity contribution is 7.07. The largest absolute Gasteiger partial charge is 0.491 e. The SMILES string of the molecule is CCOC(=O)C1=C(c2ccccc2)N=c2s/c(=C\c3cccc(OC(C)C)c3)c(=O)n2[C@H]1c1ccc(C(C)C)cc1. The summed E-state index contributed by atoms with van der Waals surface area (Å²) in [5, 5.41) is 0. The number of carbonyl (C=O) groups excluding carboxylic acids is 1. The lowest BCUT2D eigenvalue weighted by atomic mass is 9.91. The van der Waals surface area contributed by atoms with Crippen LogP contribution in [-0.4, -0.2) is 23.2 Å². The van der Waals surface area contributed by atoms with Gasteiger partial charge in [-0.3, -0.25) is 9.36 Å². The molecule has 1 aromatic heterocycles. The highest BCUT2D eigenvalue weighted by Crippen LogP contribution is 2.35. The molecule has 0 spiro atoms. The summed E-state index contributed by atoms with van der Waals surface area (Å²) in [6, 6.07) is 24.7. The maximum Gasteiger partial charge on any atom is 0.338 e. The summed E-state index contributed by atoms with van der Waals surface area (Å²) in [5.41, 5.74) is 4.28. The van der Waals surface area contributed by atoms with Crippen LogP contribution in [0.25, 0.3) is 11.8 Å². The summed E-state index contributed by atoms with van der Waals surface area (Å²) >= 11 is 1.31. The molecule has 1 aliphatic rings. The van der Waals surface area contributed by atoms with Crippen LogP contribution in [0.5, 0.6) is 5.75 Å². The number of nitrogens with zero attached hydrogens (tertiary/aromatic N) is 2. The molecule has 3 aromatic carbocycles. The van der Waals surface area contributed by atoms with E-state index in [2.05, 4.69) is 26.0 Å². The first-order valence-corrected chi connectivity index (χ1v) is 14.7. The molecule has 210 valence electrons. The van der Waals surface area contributed by atoms with Gasteiger partial charge < -0.3 is 9.47 Å². The molecule has 0 aliphatic carbocycles. The number of benzene rings is 3. The monoisotopic (exact) mass is 566 g/mol. The van der Waals surface area contributed by atoms with Crippen molar-refractivity contribution < 1.29 is 14.3 Å². The molecule has 6 nitrogen and oxygen atoms in total. The normalized spacial score (nSPS) is 15.2. The fourth-order valence-corrected chi connectivity index (χ4v) is 5.92. The van der Waals surface area contributed by atoms with Crippen molar-refractivity contribution in [2.24, 2.45) is 4.99 Å². The zero-order valence-electron chi connectivity index (χ0n) is 24.0. The number of carbonyl (C=O) groups is 1. The zero-order chi connectivity index (χ0) is 29.1. The molecule has 5 rings (SSSR count). The third-order valence-corrected chi connectivity index (χ3v) is 7.80. The summed E-state index contributed by atoms with van der Waals surface area (Å²) in [6.07, 6.45) is 1.89. The van der Waals surface area contributed by atoms with Gasteiger partial charge in [-0.1, -0.05) is 91.9 Å². The van der Waals surface area contributed by atoms with E-state index in [4.69, 9.17) is 14.5 Å². The summed E-state index contributed by atoms with van der Waals surface area (Å²) in [5.74, 6) is 0.600. The van der Waals surface area contributed by atoms with Gasteiger partial charge in [0.15, 0.2) is 4.80 Å². The number of thiazole rings is 1. The molecule has 4 aromatic rings. The van der Waals surface area contributed by atoms with Gasteiger partial charge >= 0.3 is 5.97 Å². The van der Waals surface area contributed by atoms with Crippen molar-refractivity contribution in [3.8, 4) is 5.75 Å². The number of ether oxygens (including phenoxy) is 2. The fourth-order valence-electron chi connectivity index (χ4n) is 4.92. The van der Waals surface area contributed by atoms with E-state index < -0.39 is 12.0 Å². The Morgan fingerprint density at radius 1 is 1.00 bits per heavy atom. The van der Waals surface area contributed by atoms with E-state index in [1.165, 1.54) is 16.9 Å². The zero-order valence-corrected chi connectivity index (χ0v) is 24.8. The quantitative estimate of drug-likeness (QED) is 0.251. The Balaban J connectivity index is 1.77. The number of esters is 1. The first kappa shape index (κ1) is 28.3.